The van der Waals surface area contributed by atoms with Crippen LogP contribution in [0, 0.1) is 0 Å². The average Bonchev–Trinajstić information content (AvgIpc) is 3.28. The second-order valence-electron chi connectivity index (χ2n) is 5.54. The number of hydrogen-bond acceptors (Lipinski definition) is 3. The zero-order valence-electron chi connectivity index (χ0n) is 12.4. The fraction of sp³-hybridized carbons (Fsp3) is 0. The van der Waals surface area contributed by atoms with Crippen LogP contribution in [0.2, 0.25) is 5.02 Å². The molecule has 3 aromatic heterocycles. The van der Waals surface area contributed by atoms with Crippen molar-refractivity contribution in [2.75, 3.05) is 0 Å². The SMILES string of the molecule is Clc1ccc(-c2nc3ccc(-c4cn5ccsc5n4)cc3[nH]2)cc1. The maximum absolute atomic E-state index is 5.95. The van der Waals surface area contributed by atoms with Crippen LogP contribution in [0.3, 0.4) is 0 Å². The largest absolute Gasteiger partial charge is 0.338 e. The summed E-state index contributed by atoms with van der Waals surface area (Å²) >= 11 is 7.58. The molecule has 0 aliphatic rings. The molecule has 0 spiro atoms. The molecule has 3 heterocycles. The van der Waals surface area contributed by atoms with Gasteiger partial charge in [-0.25, -0.2) is 9.97 Å². The van der Waals surface area contributed by atoms with Crippen LogP contribution in [-0.2, 0) is 0 Å². The predicted molar refractivity (Wildman–Crippen MR) is 98.6 cm³/mol. The summed E-state index contributed by atoms with van der Waals surface area (Å²) in [5.74, 6) is 0.838. The number of benzene rings is 2. The average molecular weight is 351 g/mol. The molecule has 0 fully saturated rings. The molecule has 5 rings (SSSR count). The Balaban J connectivity index is 1.60. The highest BCUT2D eigenvalue weighted by Gasteiger charge is 2.09. The van der Waals surface area contributed by atoms with Gasteiger partial charge in [-0.05, 0) is 36.4 Å². The maximum Gasteiger partial charge on any atom is 0.194 e. The molecule has 0 bridgehead atoms. The molecule has 0 unspecified atom stereocenters. The lowest BCUT2D eigenvalue weighted by Crippen LogP contribution is -1.79. The second kappa shape index (κ2) is 5.19. The van der Waals surface area contributed by atoms with E-state index in [2.05, 4.69) is 27.1 Å². The Kier molecular flexibility index (Phi) is 2.98. The van der Waals surface area contributed by atoms with E-state index in [0.29, 0.717) is 0 Å². The Morgan fingerprint density at radius 3 is 2.67 bits per heavy atom. The third kappa shape index (κ3) is 2.21. The van der Waals surface area contributed by atoms with Crippen molar-refractivity contribution in [1.29, 1.82) is 0 Å². The maximum atomic E-state index is 5.95. The number of hydrogen-bond donors (Lipinski definition) is 1. The van der Waals surface area contributed by atoms with Gasteiger partial charge in [0, 0.05) is 33.9 Å². The van der Waals surface area contributed by atoms with Gasteiger partial charge < -0.3 is 4.98 Å². The van der Waals surface area contributed by atoms with Crippen molar-refractivity contribution in [2.45, 2.75) is 0 Å². The summed E-state index contributed by atoms with van der Waals surface area (Å²) in [6, 6.07) is 13.8. The van der Waals surface area contributed by atoms with E-state index in [1.54, 1.807) is 11.3 Å². The number of nitrogens with zero attached hydrogens (tertiary/aromatic N) is 3. The molecular formula is C18H11ClN4S. The van der Waals surface area contributed by atoms with Crippen LogP contribution in [0.25, 0.3) is 38.6 Å². The van der Waals surface area contributed by atoms with Gasteiger partial charge in [0.05, 0.1) is 16.7 Å². The number of nitrogens with one attached hydrogen (secondary N) is 1. The van der Waals surface area contributed by atoms with Crippen LogP contribution >= 0.6 is 22.9 Å². The minimum absolute atomic E-state index is 0.719. The van der Waals surface area contributed by atoms with Crippen molar-refractivity contribution in [2.24, 2.45) is 0 Å². The Labute approximate surface area is 146 Å². The number of H-pyrrole nitrogens is 1. The highest BCUT2D eigenvalue weighted by molar-refractivity contribution is 7.15. The minimum Gasteiger partial charge on any atom is -0.338 e. The van der Waals surface area contributed by atoms with E-state index < -0.39 is 0 Å². The number of thiazole rings is 1. The summed E-state index contributed by atoms with van der Waals surface area (Å²) in [4.78, 5) is 13.7. The highest BCUT2D eigenvalue weighted by atomic mass is 35.5. The van der Waals surface area contributed by atoms with Crippen molar-refractivity contribution in [3.63, 3.8) is 0 Å². The van der Waals surface area contributed by atoms with Gasteiger partial charge in [0.1, 0.15) is 5.82 Å². The summed E-state index contributed by atoms with van der Waals surface area (Å²) in [5.41, 5.74) is 4.98. The molecule has 0 atom stereocenters. The first-order chi connectivity index (χ1) is 11.8. The van der Waals surface area contributed by atoms with E-state index in [1.165, 1.54) is 0 Å². The molecule has 5 aromatic rings. The number of fused-ring (bicyclic) bond motifs is 2. The smallest absolute Gasteiger partial charge is 0.194 e. The zero-order chi connectivity index (χ0) is 16.1. The van der Waals surface area contributed by atoms with Crippen LogP contribution in [0.1, 0.15) is 0 Å². The lowest BCUT2D eigenvalue weighted by molar-refractivity contribution is 1.23. The summed E-state index contributed by atoms with van der Waals surface area (Å²) in [5, 5.41) is 2.75. The molecule has 0 radical (unpaired) electrons. The number of aromatic amines is 1. The van der Waals surface area contributed by atoms with E-state index in [1.807, 2.05) is 52.5 Å². The third-order valence-electron chi connectivity index (χ3n) is 3.99. The molecule has 0 aliphatic heterocycles. The van der Waals surface area contributed by atoms with Gasteiger partial charge >= 0.3 is 0 Å². The summed E-state index contributed by atoms with van der Waals surface area (Å²) in [6.07, 6.45) is 4.06. The number of rotatable bonds is 2. The van der Waals surface area contributed by atoms with Gasteiger partial charge in [-0.3, -0.25) is 4.40 Å². The zero-order valence-corrected chi connectivity index (χ0v) is 14.0. The van der Waals surface area contributed by atoms with Crippen LogP contribution in [0.4, 0.5) is 0 Å². The quantitative estimate of drug-likeness (QED) is 0.472. The van der Waals surface area contributed by atoms with Crippen LogP contribution in [0.15, 0.2) is 60.2 Å². The first-order valence-corrected chi connectivity index (χ1v) is 8.70. The first-order valence-electron chi connectivity index (χ1n) is 7.44. The Hall–Kier alpha value is -2.63. The highest BCUT2D eigenvalue weighted by Crippen LogP contribution is 2.27. The summed E-state index contributed by atoms with van der Waals surface area (Å²) in [6.45, 7) is 0. The molecule has 24 heavy (non-hydrogen) atoms. The van der Waals surface area contributed by atoms with Crippen molar-refractivity contribution in [1.82, 2.24) is 19.4 Å². The normalized spacial score (nSPS) is 11.5. The molecular weight excluding hydrogens is 340 g/mol. The fourth-order valence-electron chi connectivity index (χ4n) is 2.78. The molecule has 0 saturated carbocycles. The molecule has 1 N–H and O–H groups in total. The monoisotopic (exact) mass is 350 g/mol. The summed E-state index contributed by atoms with van der Waals surface area (Å²) < 4.78 is 2.04. The van der Waals surface area contributed by atoms with Gasteiger partial charge in [-0.1, -0.05) is 17.7 Å². The fourth-order valence-corrected chi connectivity index (χ4v) is 3.61. The van der Waals surface area contributed by atoms with E-state index in [-0.39, 0.29) is 0 Å². The van der Waals surface area contributed by atoms with Gasteiger partial charge in [0.2, 0.25) is 0 Å². The molecule has 0 aliphatic carbocycles. The Morgan fingerprint density at radius 2 is 1.83 bits per heavy atom. The van der Waals surface area contributed by atoms with Crippen molar-refractivity contribution >= 4 is 38.9 Å². The molecule has 0 amide bonds. The molecule has 4 nitrogen and oxygen atoms in total. The Morgan fingerprint density at radius 1 is 1.00 bits per heavy atom. The van der Waals surface area contributed by atoms with Gasteiger partial charge in [0.25, 0.3) is 0 Å². The van der Waals surface area contributed by atoms with E-state index in [0.717, 1.165) is 43.7 Å². The van der Waals surface area contributed by atoms with Crippen molar-refractivity contribution < 1.29 is 0 Å². The third-order valence-corrected chi connectivity index (χ3v) is 5.01. The standard InChI is InChI=1S/C18H11ClN4S/c19-13-4-1-11(2-5-13)17-20-14-6-3-12(9-15(14)21-17)16-10-23-7-8-24-18(23)22-16/h1-10H,(H,20,21). The predicted octanol–water partition coefficient (Wildman–Crippen LogP) is 5.26. The van der Waals surface area contributed by atoms with Crippen LogP contribution in [0.5, 0.6) is 0 Å². The lowest BCUT2D eigenvalue weighted by Gasteiger charge is -1.96. The van der Waals surface area contributed by atoms with E-state index in [4.69, 9.17) is 11.6 Å². The lowest BCUT2D eigenvalue weighted by atomic mass is 10.1. The number of halogens is 1. The van der Waals surface area contributed by atoms with Gasteiger partial charge in [0.15, 0.2) is 4.96 Å². The molecule has 6 heteroatoms. The van der Waals surface area contributed by atoms with E-state index in [9.17, 15) is 0 Å². The molecule has 116 valence electrons. The minimum atomic E-state index is 0.719. The first kappa shape index (κ1) is 13.8. The number of imidazole rings is 2. The van der Waals surface area contributed by atoms with Gasteiger partial charge in [-0.15, -0.1) is 11.3 Å². The molecule has 2 aromatic carbocycles. The van der Waals surface area contributed by atoms with E-state index >= 15 is 0 Å². The van der Waals surface area contributed by atoms with Crippen LogP contribution in [-0.4, -0.2) is 19.4 Å². The summed E-state index contributed by atoms with van der Waals surface area (Å²) in [7, 11) is 0. The second-order valence-corrected chi connectivity index (χ2v) is 6.85. The number of aromatic nitrogens is 4. The topological polar surface area (TPSA) is 46.0 Å². The Bertz CT molecular complexity index is 1140. The van der Waals surface area contributed by atoms with Crippen molar-refractivity contribution in [3.8, 4) is 22.6 Å². The molecule has 0 saturated heterocycles. The van der Waals surface area contributed by atoms with Crippen molar-refractivity contribution in [3.05, 3.63) is 65.3 Å². The van der Waals surface area contributed by atoms with Gasteiger partial charge in [-0.2, -0.15) is 0 Å². The van der Waals surface area contributed by atoms with Crippen LogP contribution < -0.4 is 0 Å².